The molecule has 7 heteroatoms. The van der Waals surface area contributed by atoms with Gasteiger partial charge in [0.05, 0.1) is 0 Å². The van der Waals surface area contributed by atoms with Crippen molar-refractivity contribution in [3.8, 4) is 0 Å². The summed E-state index contributed by atoms with van der Waals surface area (Å²) in [4.78, 5) is 4.36. The Morgan fingerprint density at radius 2 is 2.10 bits per heavy atom. The van der Waals surface area contributed by atoms with Gasteiger partial charge in [0, 0.05) is 31.4 Å². The molecule has 0 atom stereocenters. The molecule has 0 radical (unpaired) electrons. The maximum atomic E-state index is 12.3. The number of pyridine rings is 1. The minimum absolute atomic E-state index is 0.149. The minimum atomic E-state index is -3.42. The van der Waals surface area contributed by atoms with Crippen LogP contribution < -0.4 is 11.1 Å². The van der Waals surface area contributed by atoms with E-state index in [9.17, 15) is 8.42 Å². The first kappa shape index (κ1) is 15.2. The zero-order chi connectivity index (χ0) is 15.0. The van der Waals surface area contributed by atoms with Crippen molar-refractivity contribution >= 4 is 15.8 Å². The fraction of sp³-hybridized carbons (Fsp3) is 0.615. The van der Waals surface area contributed by atoms with Gasteiger partial charge in [-0.2, -0.15) is 4.31 Å². The highest BCUT2D eigenvalue weighted by Gasteiger charge is 2.35. The summed E-state index contributed by atoms with van der Waals surface area (Å²) in [5.74, 6) is 0.622. The van der Waals surface area contributed by atoms with Crippen LogP contribution in [0.1, 0.15) is 26.7 Å². The maximum absolute atomic E-state index is 12.3. The second-order valence-corrected chi connectivity index (χ2v) is 7.97. The lowest BCUT2D eigenvalue weighted by molar-refractivity contribution is 0.464. The lowest BCUT2D eigenvalue weighted by Gasteiger charge is -2.19. The summed E-state index contributed by atoms with van der Waals surface area (Å²) in [7, 11) is -1.80. The molecular formula is C13H22N4O2S. The van der Waals surface area contributed by atoms with Crippen LogP contribution in [0.15, 0.2) is 23.2 Å². The van der Waals surface area contributed by atoms with Crippen LogP contribution in [0.3, 0.4) is 0 Å². The zero-order valence-corrected chi connectivity index (χ0v) is 12.9. The predicted molar refractivity (Wildman–Crippen MR) is 79.0 cm³/mol. The molecule has 1 aromatic rings. The molecule has 3 N–H and O–H groups in total. The monoisotopic (exact) mass is 298 g/mol. The van der Waals surface area contributed by atoms with Crippen LogP contribution in [0.25, 0.3) is 0 Å². The highest BCUT2D eigenvalue weighted by atomic mass is 32.2. The van der Waals surface area contributed by atoms with Gasteiger partial charge in [-0.05, 0) is 38.8 Å². The van der Waals surface area contributed by atoms with Gasteiger partial charge >= 0.3 is 0 Å². The van der Waals surface area contributed by atoms with Gasteiger partial charge < -0.3 is 11.1 Å². The number of nitrogens with zero attached hydrogens (tertiary/aromatic N) is 2. The van der Waals surface area contributed by atoms with Crippen molar-refractivity contribution in [3.63, 3.8) is 0 Å². The molecule has 0 saturated heterocycles. The van der Waals surface area contributed by atoms with E-state index in [0.29, 0.717) is 12.4 Å². The van der Waals surface area contributed by atoms with Crippen LogP contribution in [0.5, 0.6) is 0 Å². The average Bonchev–Trinajstić information content (AvgIpc) is 3.19. The molecule has 0 bridgehead atoms. The lowest BCUT2D eigenvalue weighted by atomic mass is 10.1. The third kappa shape index (κ3) is 3.68. The fourth-order valence-corrected chi connectivity index (χ4v) is 3.12. The van der Waals surface area contributed by atoms with Gasteiger partial charge in [-0.25, -0.2) is 13.4 Å². The lowest BCUT2D eigenvalue weighted by Crippen LogP contribution is -2.39. The summed E-state index contributed by atoms with van der Waals surface area (Å²) in [6.07, 6.45) is 3.27. The van der Waals surface area contributed by atoms with Crippen molar-refractivity contribution in [3.05, 3.63) is 18.3 Å². The van der Waals surface area contributed by atoms with Gasteiger partial charge in [-0.3, -0.25) is 0 Å². The highest BCUT2D eigenvalue weighted by molar-refractivity contribution is 7.89. The first-order valence-electron chi connectivity index (χ1n) is 6.67. The van der Waals surface area contributed by atoms with E-state index in [4.69, 9.17) is 5.73 Å². The molecule has 0 spiro atoms. The second-order valence-electron chi connectivity index (χ2n) is 5.97. The van der Waals surface area contributed by atoms with E-state index in [1.54, 1.807) is 19.2 Å². The molecule has 1 heterocycles. The van der Waals surface area contributed by atoms with Crippen molar-refractivity contribution in [1.29, 1.82) is 0 Å². The van der Waals surface area contributed by atoms with Crippen molar-refractivity contribution in [2.75, 3.05) is 18.9 Å². The summed E-state index contributed by atoms with van der Waals surface area (Å²) in [6, 6.07) is 3.39. The van der Waals surface area contributed by atoms with E-state index in [-0.39, 0.29) is 16.5 Å². The summed E-state index contributed by atoms with van der Waals surface area (Å²) in [5, 5.41) is 3.08. The number of rotatable bonds is 6. The summed E-state index contributed by atoms with van der Waals surface area (Å²) >= 11 is 0. The molecule has 1 saturated carbocycles. The molecule has 0 unspecified atom stereocenters. The van der Waals surface area contributed by atoms with E-state index in [0.717, 1.165) is 12.8 Å². The first-order chi connectivity index (χ1) is 9.20. The standard InChI is InChI=1S/C13H22N4O2S/c1-13(2,14)9-16-12-7-6-11(8-15-12)20(18,19)17(3)10-4-5-10/h6-8,10H,4-5,9,14H2,1-3H3,(H,15,16). The quantitative estimate of drug-likeness (QED) is 0.818. The van der Waals surface area contributed by atoms with Gasteiger partial charge in [-0.1, -0.05) is 0 Å². The molecule has 112 valence electrons. The molecule has 0 amide bonds. The molecule has 1 fully saturated rings. The van der Waals surface area contributed by atoms with Crippen molar-refractivity contribution in [2.45, 2.75) is 43.2 Å². The number of sulfonamides is 1. The largest absolute Gasteiger partial charge is 0.368 e. The summed E-state index contributed by atoms with van der Waals surface area (Å²) in [5.41, 5.74) is 5.52. The number of aromatic nitrogens is 1. The number of hydrogen-bond acceptors (Lipinski definition) is 5. The molecule has 0 aromatic carbocycles. The van der Waals surface area contributed by atoms with E-state index in [2.05, 4.69) is 10.3 Å². The third-order valence-corrected chi connectivity index (χ3v) is 5.09. The SMILES string of the molecule is CN(C1CC1)S(=O)(=O)c1ccc(NCC(C)(C)N)nc1. The molecule has 1 aromatic heterocycles. The van der Waals surface area contributed by atoms with Gasteiger partial charge in [0.15, 0.2) is 0 Å². The molecule has 6 nitrogen and oxygen atoms in total. The normalized spacial score (nSPS) is 16.4. The Labute approximate surface area is 120 Å². The first-order valence-corrected chi connectivity index (χ1v) is 8.11. The second kappa shape index (κ2) is 5.31. The topological polar surface area (TPSA) is 88.3 Å². The zero-order valence-electron chi connectivity index (χ0n) is 12.1. The number of hydrogen-bond donors (Lipinski definition) is 2. The Bertz CT molecular complexity index is 559. The van der Waals surface area contributed by atoms with E-state index < -0.39 is 10.0 Å². The Morgan fingerprint density at radius 3 is 2.55 bits per heavy atom. The van der Waals surface area contributed by atoms with Crippen LogP contribution in [-0.2, 0) is 10.0 Å². The van der Waals surface area contributed by atoms with Crippen molar-refractivity contribution in [1.82, 2.24) is 9.29 Å². The summed E-state index contributed by atoms with van der Waals surface area (Å²) < 4.78 is 26.0. The molecule has 20 heavy (non-hydrogen) atoms. The molecule has 1 aliphatic rings. The van der Waals surface area contributed by atoms with E-state index in [1.807, 2.05) is 13.8 Å². The van der Waals surface area contributed by atoms with Gasteiger partial charge in [0.1, 0.15) is 10.7 Å². The minimum Gasteiger partial charge on any atom is -0.368 e. The number of nitrogens with two attached hydrogens (primary N) is 1. The Balaban J connectivity index is 2.07. The van der Waals surface area contributed by atoms with Crippen molar-refractivity contribution < 1.29 is 8.42 Å². The Hall–Kier alpha value is -1.18. The average molecular weight is 298 g/mol. The van der Waals surface area contributed by atoms with Crippen molar-refractivity contribution in [2.24, 2.45) is 5.73 Å². The van der Waals surface area contributed by atoms with Crippen LogP contribution in [-0.4, -0.2) is 42.9 Å². The predicted octanol–water partition coefficient (Wildman–Crippen LogP) is 1.01. The number of nitrogens with one attached hydrogen (secondary N) is 1. The maximum Gasteiger partial charge on any atom is 0.244 e. The van der Waals surface area contributed by atoms with Gasteiger partial charge in [0.2, 0.25) is 10.0 Å². The fourth-order valence-electron chi connectivity index (χ4n) is 1.76. The molecular weight excluding hydrogens is 276 g/mol. The van der Waals surface area contributed by atoms with E-state index >= 15 is 0 Å². The van der Waals surface area contributed by atoms with Gasteiger partial charge in [-0.15, -0.1) is 0 Å². The third-order valence-electron chi connectivity index (χ3n) is 3.20. The summed E-state index contributed by atoms with van der Waals surface area (Å²) in [6.45, 7) is 4.38. The van der Waals surface area contributed by atoms with Crippen LogP contribution in [0, 0.1) is 0 Å². The molecule has 1 aliphatic carbocycles. The highest BCUT2D eigenvalue weighted by Crippen LogP contribution is 2.30. The van der Waals surface area contributed by atoms with E-state index in [1.165, 1.54) is 10.5 Å². The molecule has 2 rings (SSSR count). The van der Waals surface area contributed by atoms with Gasteiger partial charge in [0.25, 0.3) is 0 Å². The Morgan fingerprint density at radius 1 is 1.45 bits per heavy atom. The number of anilines is 1. The Kier molecular flexibility index (Phi) is 4.04. The van der Waals surface area contributed by atoms with Crippen LogP contribution >= 0.6 is 0 Å². The van der Waals surface area contributed by atoms with Crippen LogP contribution in [0.2, 0.25) is 0 Å². The van der Waals surface area contributed by atoms with Crippen LogP contribution in [0.4, 0.5) is 5.82 Å². The molecule has 0 aliphatic heterocycles. The smallest absolute Gasteiger partial charge is 0.244 e.